The molecule has 0 fully saturated rings. The van der Waals surface area contributed by atoms with E-state index in [0.29, 0.717) is 5.92 Å². The molecule has 0 heteroatoms. The molecule has 1 aliphatic carbocycles. The fourth-order valence-corrected chi connectivity index (χ4v) is 3.07. The molecular formula is C18H18. The van der Waals surface area contributed by atoms with Crippen molar-refractivity contribution in [1.82, 2.24) is 0 Å². The molecule has 0 N–H and O–H groups in total. The summed E-state index contributed by atoms with van der Waals surface area (Å²) in [6, 6.07) is 8.47. The van der Waals surface area contributed by atoms with Crippen molar-refractivity contribution < 1.29 is 0 Å². The third-order valence-electron chi connectivity index (χ3n) is 4.06. The van der Waals surface area contributed by atoms with E-state index < -0.39 is 0 Å². The van der Waals surface area contributed by atoms with Crippen LogP contribution in [0.2, 0.25) is 0 Å². The van der Waals surface area contributed by atoms with Crippen LogP contribution < -0.4 is 10.4 Å². The second-order valence-electron chi connectivity index (χ2n) is 5.21. The highest BCUT2D eigenvalue weighted by molar-refractivity contribution is 5.87. The number of benzene rings is 2. The fraction of sp³-hybridized carbons (Fsp3) is 0.222. The third-order valence-corrected chi connectivity index (χ3v) is 4.06. The first kappa shape index (κ1) is 11.3. The number of fused-ring (bicyclic) bond motifs is 2. The summed E-state index contributed by atoms with van der Waals surface area (Å²) in [4.78, 5) is 0. The van der Waals surface area contributed by atoms with Crippen LogP contribution in [-0.4, -0.2) is 0 Å². The summed E-state index contributed by atoms with van der Waals surface area (Å²) < 4.78 is 0. The lowest BCUT2D eigenvalue weighted by atomic mass is 9.88. The van der Waals surface area contributed by atoms with E-state index in [-0.39, 0.29) is 0 Å². The standard InChI is InChI=1S/C18H18/c1-12-8-4-5-11-17-13(2)15-9-6-7-10-16(15)14(3)18(12)17/h5-7,9-12H,2-4,8H2,1H3. The Balaban J connectivity index is 2.55. The van der Waals surface area contributed by atoms with Gasteiger partial charge in [-0.2, -0.15) is 0 Å². The highest BCUT2D eigenvalue weighted by atomic mass is 14.2. The van der Waals surface area contributed by atoms with Crippen molar-refractivity contribution in [3.8, 4) is 0 Å². The lowest BCUT2D eigenvalue weighted by molar-refractivity contribution is 0.693. The highest BCUT2D eigenvalue weighted by Gasteiger charge is 2.15. The predicted octanol–water partition coefficient (Wildman–Crippen LogP) is 3.57. The second kappa shape index (κ2) is 4.13. The maximum absolute atomic E-state index is 4.33. The van der Waals surface area contributed by atoms with Gasteiger partial charge in [0, 0.05) is 0 Å². The average Bonchev–Trinajstić information content (AvgIpc) is 2.58. The van der Waals surface area contributed by atoms with E-state index in [1.807, 2.05) is 0 Å². The van der Waals surface area contributed by atoms with Crippen LogP contribution in [-0.2, 0) is 0 Å². The Morgan fingerprint density at radius 2 is 1.72 bits per heavy atom. The van der Waals surface area contributed by atoms with E-state index in [0.717, 1.165) is 11.6 Å². The van der Waals surface area contributed by atoms with Gasteiger partial charge in [0.05, 0.1) is 0 Å². The smallest absolute Gasteiger partial charge is 0.0105 e. The van der Waals surface area contributed by atoms with Crippen molar-refractivity contribution in [1.29, 1.82) is 0 Å². The van der Waals surface area contributed by atoms with Crippen LogP contribution in [0.3, 0.4) is 0 Å². The van der Waals surface area contributed by atoms with Gasteiger partial charge in [-0.3, -0.25) is 0 Å². The van der Waals surface area contributed by atoms with Crippen LogP contribution in [0.25, 0.3) is 30.0 Å². The Hall–Kier alpha value is -1.82. The second-order valence-corrected chi connectivity index (χ2v) is 5.21. The van der Waals surface area contributed by atoms with E-state index in [4.69, 9.17) is 0 Å². The molecule has 2 aromatic carbocycles. The third kappa shape index (κ3) is 1.53. The minimum Gasteiger partial charge on any atom is -0.0908 e. The van der Waals surface area contributed by atoms with Crippen LogP contribution in [0.4, 0.5) is 0 Å². The molecule has 18 heavy (non-hydrogen) atoms. The summed E-state index contributed by atoms with van der Waals surface area (Å²) in [5, 5.41) is 4.83. The highest BCUT2D eigenvalue weighted by Crippen LogP contribution is 2.26. The van der Waals surface area contributed by atoms with Gasteiger partial charge in [-0.15, -0.1) is 0 Å². The molecular weight excluding hydrogens is 216 g/mol. The summed E-state index contributed by atoms with van der Waals surface area (Å²) in [6.45, 7) is 10.9. The van der Waals surface area contributed by atoms with E-state index >= 15 is 0 Å². The molecule has 0 bridgehead atoms. The summed E-state index contributed by atoms with van der Waals surface area (Å²) >= 11 is 0. The monoisotopic (exact) mass is 234 g/mol. The van der Waals surface area contributed by atoms with Gasteiger partial charge in [0.25, 0.3) is 0 Å². The molecule has 0 saturated carbocycles. The molecule has 0 saturated heterocycles. The zero-order valence-corrected chi connectivity index (χ0v) is 10.9. The van der Waals surface area contributed by atoms with Crippen molar-refractivity contribution in [2.75, 3.05) is 0 Å². The zero-order chi connectivity index (χ0) is 12.7. The van der Waals surface area contributed by atoms with Gasteiger partial charge in [-0.1, -0.05) is 56.5 Å². The largest absolute Gasteiger partial charge is 0.0908 e. The summed E-state index contributed by atoms with van der Waals surface area (Å²) in [6.07, 6.45) is 6.85. The average molecular weight is 234 g/mol. The summed E-state index contributed by atoms with van der Waals surface area (Å²) in [5.74, 6) is 0.563. The topological polar surface area (TPSA) is 0 Å². The van der Waals surface area contributed by atoms with Crippen LogP contribution in [0.5, 0.6) is 0 Å². The number of allylic oxidation sites excluding steroid dienone is 1. The van der Waals surface area contributed by atoms with Crippen molar-refractivity contribution in [3.63, 3.8) is 0 Å². The van der Waals surface area contributed by atoms with Crippen molar-refractivity contribution >= 4 is 30.0 Å². The molecule has 0 nitrogen and oxygen atoms in total. The quantitative estimate of drug-likeness (QED) is 0.653. The Morgan fingerprint density at radius 3 is 2.44 bits per heavy atom. The van der Waals surface area contributed by atoms with Gasteiger partial charge in [0.15, 0.2) is 0 Å². The Morgan fingerprint density at radius 1 is 1.06 bits per heavy atom. The lowest BCUT2D eigenvalue weighted by Gasteiger charge is -2.16. The molecule has 2 aromatic rings. The number of hydrogen-bond donors (Lipinski definition) is 0. The molecule has 3 rings (SSSR count). The first-order chi connectivity index (χ1) is 8.70. The van der Waals surface area contributed by atoms with E-state index in [2.05, 4.69) is 56.5 Å². The van der Waals surface area contributed by atoms with Crippen molar-refractivity contribution in [3.05, 3.63) is 51.9 Å². The molecule has 0 spiro atoms. The Bertz CT molecular complexity index is 735. The molecule has 0 amide bonds. The zero-order valence-electron chi connectivity index (χ0n) is 10.9. The molecule has 0 aliphatic heterocycles. The first-order valence-electron chi connectivity index (χ1n) is 6.59. The lowest BCUT2D eigenvalue weighted by Crippen LogP contribution is -2.21. The van der Waals surface area contributed by atoms with Gasteiger partial charge in [-0.05, 0) is 51.1 Å². The minimum atomic E-state index is 0.563. The van der Waals surface area contributed by atoms with Crippen LogP contribution in [0.15, 0.2) is 30.3 Å². The minimum absolute atomic E-state index is 0.563. The van der Waals surface area contributed by atoms with Gasteiger partial charge in [0.1, 0.15) is 0 Å². The molecule has 90 valence electrons. The van der Waals surface area contributed by atoms with Crippen LogP contribution in [0, 0.1) is 0 Å². The van der Waals surface area contributed by atoms with Crippen molar-refractivity contribution in [2.24, 2.45) is 0 Å². The van der Waals surface area contributed by atoms with Gasteiger partial charge < -0.3 is 0 Å². The first-order valence-corrected chi connectivity index (χ1v) is 6.59. The molecule has 0 radical (unpaired) electrons. The van der Waals surface area contributed by atoms with Gasteiger partial charge in [0.2, 0.25) is 0 Å². The number of rotatable bonds is 0. The van der Waals surface area contributed by atoms with Crippen molar-refractivity contribution in [2.45, 2.75) is 25.7 Å². The van der Waals surface area contributed by atoms with Crippen LogP contribution >= 0.6 is 0 Å². The van der Waals surface area contributed by atoms with Crippen LogP contribution in [0.1, 0.15) is 36.8 Å². The fourth-order valence-electron chi connectivity index (χ4n) is 3.07. The summed E-state index contributed by atoms with van der Waals surface area (Å²) in [7, 11) is 0. The Kier molecular flexibility index (Phi) is 2.59. The molecule has 1 atom stereocenters. The molecule has 1 aliphatic rings. The Labute approximate surface area is 108 Å². The predicted molar refractivity (Wildman–Crippen MR) is 80.9 cm³/mol. The van der Waals surface area contributed by atoms with Gasteiger partial charge >= 0.3 is 0 Å². The van der Waals surface area contributed by atoms with E-state index in [1.165, 1.54) is 33.5 Å². The van der Waals surface area contributed by atoms with E-state index in [1.54, 1.807) is 0 Å². The SMILES string of the molecule is C=c1c2c(c(=C)c3ccccc13)C(C)CCC=C2. The number of hydrogen-bond acceptors (Lipinski definition) is 0. The molecule has 0 heterocycles. The normalized spacial score (nSPS) is 18.6. The maximum Gasteiger partial charge on any atom is -0.0105 e. The molecule has 1 unspecified atom stereocenters. The maximum atomic E-state index is 4.33. The molecule has 0 aromatic heterocycles. The van der Waals surface area contributed by atoms with Gasteiger partial charge in [-0.25, -0.2) is 0 Å². The summed E-state index contributed by atoms with van der Waals surface area (Å²) in [5.41, 5.74) is 2.69. The van der Waals surface area contributed by atoms with E-state index in [9.17, 15) is 0 Å².